The number of anilines is 8. The first-order valence-corrected chi connectivity index (χ1v) is 15.4. The molecular formula is C33H43N11. The summed E-state index contributed by atoms with van der Waals surface area (Å²) in [5, 5.41) is 7.15. The van der Waals surface area contributed by atoms with E-state index in [1.807, 2.05) is 38.6 Å². The maximum absolute atomic E-state index is 4.96. The van der Waals surface area contributed by atoms with Crippen LogP contribution in [0, 0.1) is 0 Å². The van der Waals surface area contributed by atoms with Crippen molar-refractivity contribution in [2.24, 2.45) is 0 Å². The lowest BCUT2D eigenvalue weighted by molar-refractivity contribution is 0.320. The van der Waals surface area contributed by atoms with Crippen LogP contribution in [0.4, 0.5) is 46.0 Å². The summed E-state index contributed by atoms with van der Waals surface area (Å²) in [5.41, 5.74) is 6.37. The third-order valence-electron chi connectivity index (χ3n) is 8.47. The molecule has 2 N–H and O–H groups in total. The number of pyridine rings is 4. The number of hydrogen-bond acceptors (Lipinski definition) is 11. The van der Waals surface area contributed by atoms with E-state index in [9.17, 15) is 0 Å². The molecule has 0 aliphatic carbocycles. The lowest BCUT2D eigenvalue weighted by Gasteiger charge is -2.34. The van der Waals surface area contributed by atoms with E-state index in [1.165, 1.54) is 0 Å². The van der Waals surface area contributed by atoms with Crippen LogP contribution in [0.5, 0.6) is 0 Å². The Balaban J connectivity index is 0.880. The van der Waals surface area contributed by atoms with Gasteiger partial charge in [-0.15, -0.1) is 0 Å². The van der Waals surface area contributed by atoms with E-state index in [0.717, 1.165) is 110 Å². The molecule has 44 heavy (non-hydrogen) atoms. The highest BCUT2D eigenvalue weighted by molar-refractivity contribution is 5.89. The van der Waals surface area contributed by atoms with E-state index in [1.54, 1.807) is 0 Å². The Hall–Kier alpha value is -4.32. The highest BCUT2D eigenvalue weighted by Crippen LogP contribution is 2.44. The van der Waals surface area contributed by atoms with Crippen LogP contribution in [0.15, 0.2) is 60.9 Å². The molecule has 0 fully saturated rings. The summed E-state index contributed by atoms with van der Waals surface area (Å²) >= 11 is 0. The van der Waals surface area contributed by atoms with Crippen LogP contribution >= 0.6 is 0 Å². The summed E-state index contributed by atoms with van der Waals surface area (Å²) in [7, 11) is 10.4. The average molecular weight is 594 g/mol. The van der Waals surface area contributed by atoms with E-state index >= 15 is 0 Å². The Morgan fingerprint density at radius 3 is 1.43 bits per heavy atom. The van der Waals surface area contributed by atoms with Crippen molar-refractivity contribution in [2.75, 3.05) is 81.0 Å². The minimum atomic E-state index is 0.755. The second-order valence-electron chi connectivity index (χ2n) is 11.6. The summed E-state index contributed by atoms with van der Waals surface area (Å²) in [5.74, 6) is 3.83. The van der Waals surface area contributed by atoms with Gasteiger partial charge in [0.2, 0.25) is 0 Å². The van der Waals surface area contributed by atoms with Crippen molar-refractivity contribution in [1.29, 1.82) is 0 Å². The van der Waals surface area contributed by atoms with Crippen LogP contribution in [0.25, 0.3) is 0 Å². The molecule has 4 aromatic heterocycles. The van der Waals surface area contributed by atoms with Gasteiger partial charge in [-0.05, 0) is 94.6 Å². The molecule has 2 aliphatic heterocycles. The van der Waals surface area contributed by atoms with Crippen molar-refractivity contribution >= 4 is 46.0 Å². The molecule has 230 valence electrons. The number of aromatic nitrogens is 4. The molecule has 4 aromatic rings. The average Bonchev–Trinajstić information content (AvgIpc) is 3.05. The van der Waals surface area contributed by atoms with Gasteiger partial charge >= 0.3 is 0 Å². The topological polar surface area (TPSA) is 91.8 Å². The molecule has 0 spiro atoms. The molecule has 0 saturated heterocycles. The lowest BCUT2D eigenvalue weighted by atomic mass is 10.2. The normalized spacial score (nSPS) is 13.6. The van der Waals surface area contributed by atoms with Crippen LogP contribution < -0.4 is 30.2 Å². The number of rotatable bonds is 12. The highest BCUT2D eigenvalue weighted by atomic mass is 15.3. The molecule has 2 aliphatic rings. The van der Waals surface area contributed by atoms with Gasteiger partial charge in [0.1, 0.15) is 0 Å². The van der Waals surface area contributed by atoms with Gasteiger partial charge < -0.3 is 35.1 Å². The van der Waals surface area contributed by atoms with Crippen LogP contribution in [0.2, 0.25) is 0 Å². The third-order valence-corrected chi connectivity index (χ3v) is 8.47. The molecule has 6 heterocycles. The molecule has 0 saturated carbocycles. The predicted octanol–water partition coefficient (Wildman–Crippen LogP) is 4.56. The van der Waals surface area contributed by atoms with Gasteiger partial charge in [-0.1, -0.05) is 0 Å². The minimum Gasteiger partial charge on any atom is -0.325 e. The molecule has 11 nitrogen and oxygen atoms in total. The zero-order valence-electron chi connectivity index (χ0n) is 26.5. The number of fused-ring (bicyclic) bond motifs is 4. The van der Waals surface area contributed by atoms with E-state index in [2.05, 4.69) is 103 Å². The number of nitrogens with one attached hydrogen (secondary N) is 2. The molecule has 0 aromatic carbocycles. The Bertz CT molecular complexity index is 1480. The highest BCUT2D eigenvalue weighted by Gasteiger charge is 2.27. The van der Waals surface area contributed by atoms with Gasteiger partial charge in [0.15, 0.2) is 23.3 Å². The Morgan fingerprint density at radius 2 is 0.977 bits per heavy atom. The first kappa shape index (κ1) is 29.7. The van der Waals surface area contributed by atoms with E-state index in [4.69, 9.17) is 9.97 Å². The summed E-state index contributed by atoms with van der Waals surface area (Å²) in [6, 6.07) is 16.6. The van der Waals surface area contributed by atoms with E-state index in [0.29, 0.717) is 0 Å². The molecule has 0 bridgehead atoms. The van der Waals surface area contributed by atoms with Crippen LogP contribution in [0.3, 0.4) is 0 Å². The van der Waals surface area contributed by atoms with Crippen LogP contribution in [0.1, 0.15) is 24.2 Å². The summed E-state index contributed by atoms with van der Waals surface area (Å²) < 4.78 is 0. The quantitative estimate of drug-likeness (QED) is 0.227. The molecule has 0 atom stereocenters. The largest absolute Gasteiger partial charge is 0.325 e. The van der Waals surface area contributed by atoms with Gasteiger partial charge in [0.05, 0.1) is 34.1 Å². The number of nitrogens with zero attached hydrogens (tertiary/aromatic N) is 9. The Labute approximate surface area is 260 Å². The lowest BCUT2D eigenvalue weighted by Crippen LogP contribution is -2.28. The second-order valence-corrected chi connectivity index (χ2v) is 11.6. The third kappa shape index (κ3) is 6.03. The Morgan fingerprint density at radius 1 is 0.568 bits per heavy atom. The van der Waals surface area contributed by atoms with Gasteiger partial charge in [0, 0.05) is 53.7 Å². The fourth-order valence-electron chi connectivity index (χ4n) is 5.94. The maximum Gasteiger partial charge on any atom is 0.157 e. The number of hydrogen-bond donors (Lipinski definition) is 2. The SMILES string of the molecule is CN(CCCNCc1ccc2c(n1)N(C)c1cccnc1N2C)CCCNCc1ccc2c(n1)N(C)c1cccnc1N2C. The van der Waals surface area contributed by atoms with Crippen molar-refractivity contribution in [2.45, 2.75) is 25.9 Å². The monoisotopic (exact) mass is 593 g/mol. The van der Waals surface area contributed by atoms with Crippen molar-refractivity contribution in [1.82, 2.24) is 35.5 Å². The van der Waals surface area contributed by atoms with Crippen molar-refractivity contribution < 1.29 is 0 Å². The first-order chi connectivity index (χ1) is 21.4. The van der Waals surface area contributed by atoms with Crippen LogP contribution in [-0.4, -0.2) is 86.3 Å². The fourth-order valence-corrected chi connectivity index (χ4v) is 5.94. The van der Waals surface area contributed by atoms with E-state index in [-0.39, 0.29) is 0 Å². The van der Waals surface area contributed by atoms with E-state index < -0.39 is 0 Å². The summed E-state index contributed by atoms with van der Waals surface area (Å²) in [6.07, 6.45) is 5.85. The van der Waals surface area contributed by atoms with Crippen molar-refractivity contribution in [3.05, 3.63) is 72.3 Å². The van der Waals surface area contributed by atoms with Gasteiger partial charge in [-0.3, -0.25) is 0 Å². The van der Waals surface area contributed by atoms with Gasteiger partial charge in [-0.2, -0.15) is 0 Å². The molecule has 6 rings (SSSR count). The molecule has 0 radical (unpaired) electrons. The van der Waals surface area contributed by atoms with Crippen molar-refractivity contribution in [3.8, 4) is 0 Å². The van der Waals surface area contributed by atoms with Crippen LogP contribution in [-0.2, 0) is 13.1 Å². The van der Waals surface area contributed by atoms with Gasteiger partial charge in [0.25, 0.3) is 0 Å². The predicted molar refractivity (Wildman–Crippen MR) is 179 cm³/mol. The standard InChI is InChI=1S/C33H43N11/c1-40(20-8-16-34-22-24-12-14-28-32(38-24)43(4)26-10-6-18-36-30(26)41(28)2)21-9-17-35-23-25-13-15-29-33(39-25)44(5)27-11-7-19-37-31(27)42(29)3/h6-7,10-15,18-19,34-35H,8-9,16-17,20-23H2,1-5H3. The summed E-state index contributed by atoms with van der Waals surface area (Å²) in [4.78, 5) is 29.9. The minimum absolute atomic E-state index is 0.755. The smallest absolute Gasteiger partial charge is 0.157 e. The molecule has 11 heteroatoms. The fraction of sp³-hybridized carbons (Fsp3) is 0.394. The second kappa shape index (κ2) is 13.1. The summed E-state index contributed by atoms with van der Waals surface area (Å²) in [6.45, 7) is 5.54. The first-order valence-electron chi connectivity index (χ1n) is 15.4. The van der Waals surface area contributed by atoms with Gasteiger partial charge in [-0.25, -0.2) is 19.9 Å². The zero-order chi connectivity index (χ0) is 30.6. The molecule has 0 amide bonds. The van der Waals surface area contributed by atoms with Crippen molar-refractivity contribution in [3.63, 3.8) is 0 Å². The maximum atomic E-state index is 4.96. The Kier molecular flexibility index (Phi) is 8.87. The molecular weight excluding hydrogens is 550 g/mol. The zero-order valence-corrected chi connectivity index (χ0v) is 26.5. The molecule has 0 unspecified atom stereocenters.